The molecule has 7 rings (SSSR count). The molecule has 2 aliphatic rings. The first-order valence-corrected chi connectivity index (χ1v) is 15.4. The van der Waals surface area contributed by atoms with Crippen molar-refractivity contribution in [2.24, 2.45) is 5.41 Å². The number of amides is 2. The van der Waals surface area contributed by atoms with Crippen LogP contribution in [0.15, 0.2) is 65.8 Å². The molecule has 1 saturated carbocycles. The first-order chi connectivity index (χ1) is 21.6. The van der Waals surface area contributed by atoms with E-state index in [-0.39, 0.29) is 41.3 Å². The number of benzene rings is 1. The van der Waals surface area contributed by atoms with Gasteiger partial charge in [-0.25, -0.2) is 15.0 Å². The number of hydrogen-bond acceptors (Lipinski definition) is 8. The molecule has 228 valence electrons. The fourth-order valence-corrected chi connectivity index (χ4v) is 6.79. The Labute approximate surface area is 267 Å². The first kappa shape index (κ1) is 29.0. The normalized spacial score (nSPS) is 20.3. The maximum Gasteiger partial charge on any atom is 0.248 e. The second kappa shape index (κ2) is 11.0. The van der Waals surface area contributed by atoms with Gasteiger partial charge in [0, 0.05) is 60.7 Å². The molecule has 1 aromatic carbocycles. The van der Waals surface area contributed by atoms with Gasteiger partial charge in [0.05, 0.1) is 5.52 Å². The van der Waals surface area contributed by atoms with Crippen molar-refractivity contribution in [3.8, 4) is 11.1 Å². The fourth-order valence-electron chi connectivity index (χ4n) is 6.48. The Morgan fingerprint density at radius 1 is 1.07 bits per heavy atom. The van der Waals surface area contributed by atoms with E-state index in [4.69, 9.17) is 0 Å². The van der Waals surface area contributed by atoms with E-state index in [0.29, 0.717) is 40.1 Å². The van der Waals surface area contributed by atoms with Gasteiger partial charge in [0.1, 0.15) is 34.5 Å². The molecule has 13 heteroatoms. The summed E-state index contributed by atoms with van der Waals surface area (Å²) >= 11 is 3.38. The molecule has 0 radical (unpaired) electrons. The van der Waals surface area contributed by atoms with Crippen LogP contribution >= 0.6 is 15.9 Å². The number of pyridine rings is 1. The molecule has 4 aromatic heterocycles. The van der Waals surface area contributed by atoms with E-state index in [1.807, 2.05) is 61.1 Å². The minimum Gasteiger partial charge on any atom is -0.325 e. The molecule has 5 aromatic rings. The first-order valence-electron chi connectivity index (χ1n) is 14.6. The van der Waals surface area contributed by atoms with Crippen molar-refractivity contribution in [2.75, 3.05) is 5.32 Å². The van der Waals surface area contributed by atoms with Gasteiger partial charge >= 0.3 is 0 Å². The number of nitrogens with zero attached hydrogens (tertiary/aromatic N) is 8. The largest absolute Gasteiger partial charge is 0.325 e. The maximum absolute atomic E-state index is 14.2. The van der Waals surface area contributed by atoms with Gasteiger partial charge < -0.3 is 10.2 Å². The molecule has 45 heavy (non-hydrogen) atoms. The van der Waals surface area contributed by atoms with Gasteiger partial charge in [-0.2, -0.15) is 10.2 Å². The number of halogens is 1. The number of aryl methyl sites for hydroxylation is 2. The van der Waals surface area contributed by atoms with Crippen LogP contribution in [0, 0.1) is 19.3 Å². The zero-order valence-corrected chi connectivity index (χ0v) is 26.5. The highest BCUT2D eigenvalue weighted by atomic mass is 79.9. The topological polar surface area (TPSA) is 141 Å². The second-order valence-electron chi connectivity index (χ2n) is 11.9. The number of aromatic nitrogens is 7. The van der Waals surface area contributed by atoms with Crippen LogP contribution in [-0.2, 0) is 22.7 Å². The smallest absolute Gasteiger partial charge is 0.248 e. The van der Waals surface area contributed by atoms with E-state index in [2.05, 4.69) is 46.4 Å². The van der Waals surface area contributed by atoms with Crippen LogP contribution in [0.25, 0.3) is 22.0 Å². The summed E-state index contributed by atoms with van der Waals surface area (Å²) in [6, 6.07) is 10.4. The van der Waals surface area contributed by atoms with Crippen LogP contribution in [0.4, 0.5) is 5.82 Å². The minimum atomic E-state index is -0.700. The molecule has 1 unspecified atom stereocenters. The number of ketones is 1. The van der Waals surface area contributed by atoms with Gasteiger partial charge in [-0.15, -0.1) is 0 Å². The number of hydrogen-bond donors (Lipinski definition) is 1. The third-order valence-electron chi connectivity index (χ3n) is 8.83. The van der Waals surface area contributed by atoms with Gasteiger partial charge in [-0.1, -0.05) is 12.1 Å². The zero-order valence-electron chi connectivity index (χ0n) is 24.9. The molecular weight excluding hydrogens is 638 g/mol. The molecular formula is C32H30BrN9O3. The molecule has 0 spiro atoms. The van der Waals surface area contributed by atoms with Crippen molar-refractivity contribution in [1.29, 1.82) is 0 Å². The Hall–Kier alpha value is -4.78. The number of nitrogens with one attached hydrogen (secondary N) is 1. The predicted molar refractivity (Wildman–Crippen MR) is 169 cm³/mol. The van der Waals surface area contributed by atoms with Crippen molar-refractivity contribution in [3.63, 3.8) is 0 Å². The number of rotatable bonds is 8. The lowest BCUT2D eigenvalue weighted by Gasteiger charge is -2.27. The Bertz CT molecular complexity index is 1970. The molecule has 1 aliphatic heterocycles. The van der Waals surface area contributed by atoms with E-state index in [1.165, 1.54) is 6.92 Å². The van der Waals surface area contributed by atoms with Crippen molar-refractivity contribution in [2.45, 2.75) is 58.8 Å². The van der Waals surface area contributed by atoms with E-state index < -0.39 is 6.04 Å². The van der Waals surface area contributed by atoms with Gasteiger partial charge in [0.2, 0.25) is 11.8 Å². The number of likely N-dealkylation sites (tertiary alicyclic amines) is 1. The van der Waals surface area contributed by atoms with Gasteiger partial charge in [0.25, 0.3) is 0 Å². The molecule has 2 amide bonds. The number of piperidine rings is 1. The lowest BCUT2D eigenvalue weighted by atomic mass is 9.99. The van der Waals surface area contributed by atoms with Crippen LogP contribution in [0.1, 0.15) is 41.6 Å². The Morgan fingerprint density at radius 2 is 1.87 bits per heavy atom. The molecule has 1 aliphatic carbocycles. The Balaban J connectivity index is 1.20. The quantitative estimate of drug-likeness (QED) is 0.190. The Morgan fingerprint density at radius 3 is 2.60 bits per heavy atom. The highest BCUT2D eigenvalue weighted by molar-refractivity contribution is 9.10. The van der Waals surface area contributed by atoms with Crippen molar-refractivity contribution >= 4 is 50.2 Å². The number of carbonyl (C=O) groups is 3. The summed E-state index contributed by atoms with van der Waals surface area (Å²) in [6.45, 7) is 5.64. The predicted octanol–water partition coefficient (Wildman–Crippen LogP) is 4.37. The van der Waals surface area contributed by atoms with Crippen LogP contribution < -0.4 is 5.32 Å². The summed E-state index contributed by atoms with van der Waals surface area (Å²) < 4.78 is 4.03. The van der Waals surface area contributed by atoms with Crippen LogP contribution in [0.2, 0.25) is 0 Å². The molecule has 1 N–H and O–H groups in total. The zero-order chi connectivity index (χ0) is 31.5. The monoisotopic (exact) mass is 667 g/mol. The summed E-state index contributed by atoms with van der Waals surface area (Å²) in [5, 5.41) is 12.6. The van der Waals surface area contributed by atoms with Gasteiger partial charge in [-0.05, 0) is 78.0 Å². The third kappa shape index (κ3) is 5.30. The standard InChI is InChI=1S/C32H30BrN9O3/c1-18-5-8-27(33)37-30(18)38-31(45)25-12-32(17-40-10-4-9-36-40)13-26(32)42(25)28(44)16-41-24-7-6-21(22-14-34-20(3)35-15-22)11-23(24)29(39-41)19(2)43/h4-11,14-15,25-26H,12-13,16-17H2,1-3H3,(H,37,38,45)/t25-,26+,32?/m0/s1. The molecule has 2 fully saturated rings. The SMILES string of the molecule is CC(=O)c1nn(CC(=O)N2[C@H](C(=O)Nc3nc(Br)ccc3C)CC3(Cn4cccn4)C[C@@H]23)c2ccc(-c3cnc(C)nc3)cc12. The van der Waals surface area contributed by atoms with E-state index in [0.717, 1.165) is 23.1 Å². The van der Waals surface area contributed by atoms with Crippen LogP contribution in [0.5, 0.6) is 0 Å². The van der Waals surface area contributed by atoms with E-state index in [9.17, 15) is 14.4 Å². The van der Waals surface area contributed by atoms with Crippen LogP contribution in [-0.4, -0.2) is 69.1 Å². The van der Waals surface area contributed by atoms with Crippen LogP contribution in [0.3, 0.4) is 0 Å². The molecule has 3 atom stereocenters. The highest BCUT2D eigenvalue weighted by Gasteiger charge is 2.67. The molecule has 5 heterocycles. The summed E-state index contributed by atoms with van der Waals surface area (Å²) in [6.07, 6.45) is 8.37. The number of anilines is 1. The third-order valence-corrected chi connectivity index (χ3v) is 9.27. The summed E-state index contributed by atoms with van der Waals surface area (Å²) in [4.78, 5) is 55.3. The van der Waals surface area contributed by atoms with E-state index in [1.54, 1.807) is 28.2 Å². The molecule has 1 saturated heterocycles. The minimum absolute atomic E-state index is 0.122. The summed E-state index contributed by atoms with van der Waals surface area (Å²) in [5.74, 6) is 0.372. The average molecular weight is 669 g/mol. The van der Waals surface area contributed by atoms with Crippen molar-refractivity contribution < 1.29 is 14.4 Å². The Kier molecular flexibility index (Phi) is 7.07. The average Bonchev–Trinajstić information content (AvgIpc) is 3.34. The fraction of sp³-hybridized carbons (Fsp3) is 0.312. The molecule has 12 nitrogen and oxygen atoms in total. The van der Waals surface area contributed by atoms with Gasteiger partial charge in [0.15, 0.2) is 5.78 Å². The van der Waals surface area contributed by atoms with Crippen molar-refractivity contribution in [1.82, 2.24) is 39.4 Å². The lowest BCUT2D eigenvalue weighted by molar-refractivity contribution is -0.138. The number of carbonyl (C=O) groups excluding carboxylic acids is 3. The maximum atomic E-state index is 14.2. The van der Waals surface area contributed by atoms with Gasteiger partial charge in [-0.3, -0.25) is 23.7 Å². The number of Topliss-reactive ketones (excluding diaryl/α,β-unsaturated/α-hetero) is 1. The highest BCUT2D eigenvalue weighted by Crippen LogP contribution is 2.60. The summed E-state index contributed by atoms with van der Waals surface area (Å²) in [7, 11) is 0. The molecule has 0 bridgehead atoms. The number of fused-ring (bicyclic) bond motifs is 2. The second-order valence-corrected chi connectivity index (χ2v) is 12.7. The van der Waals surface area contributed by atoms with E-state index >= 15 is 0 Å². The van der Waals surface area contributed by atoms with Crippen molar-refractivity contribution in [3.05, 3.63) is 82.9 Å². The summed E-state index contributed by atoms with van der Waals surface area (Å²) in [5.41, 5.74) is 3.13. The lowest BCUT2D eigenvalue weighted by Crippen LogP contribution is -2.47.